The van der Waals surface area contributed by atoms with Crippen molar-refractivity contribution in [1.29, 1.82) is 0 Å². The Bertz CT molecular complexity index is 1160. The van der Waals surface area contributed by atoms with Crippen molar-refractivity contribution in [3.8, 4) is 34.1 Å². The quantitative estimate of drug-likeness (QED) is 0.405. The molecule has 0 aliphatic carbocycles. The molecule has 0 amide bonds. The molecule has 0 saturated heterocycles. The maximum absolute atomic E-state index is 6.35. The normalized spacial score (nSPS) is 13.0. The van der Waals surface area contributed by atoms with E-state index in [4.69, 9.17) is 9.47 Å². The van der Waals surface area contributed by atoms with Gasteiger partial charge in [-0.15, -0.1) is 0 Å². The lowest BCUT2D eigenvalue weighted by molar-refractivity contribution is 0.465. The summed E-state index contributed by atoms with van der Waals surface area (Å²) in [4.78, 5) is 0. The Morgan fingerprint density at radius 3 is 1.68 bits per heavy atom. The summed E-state index contributed by atoms with van der Waals surface area (Å²) in [5.74, 6) is 3.60. The molecule has 3 heteroatoms. The number of para-hydroxylation sites is 2. The van der Waals surface area contributed by atoms with Crippen LogP contribution in [0.15, 0.2) is 84.9 Å². The molecule has 0 fully saturated rings. The summed E-state index contributed by atoms with van der Waals surface area (Å²) >= 11 is 0. The van der Waals surface area contributed by atoms with Crippen LogP contribution in [0, 0.1) is 6.92 Å². The first-order chi connectivity index (χ1) is 13.8. The second-order valence-electron chi connectivity index (χ2n) is 7.47. The molecular weight excluding hydrogens is 343 g/mol. The molecule has 132 valence electrons. The van der Waals surface area contributed by atoms with Crippen LogP contribution in [-0.4, -0.2) is 6.71 Å². The van der Waals surface area contributed by atoms with E-state index in [0.717, 1.165) is 39.6 Å². The van der Waals surface area contributed by atoms with E-state index in [0.29, 0.717) is 0 Å². The Labute approximate surface area is 164 Å². The molecule has 0 saturated carbocycles. The molecule has 2 heterocycles. The van der Waals surface area contributed by atoms with Crippen LogP contribution in [0.3, 0.4) is 0 Å². The minimum Gasteiger partial charge on any atom is -0.458 e. The van der Waals surface area contributed by atoms with Gasteiger partial charge >= 0.3 is 0 Å². The number of rotatable bonds is 1. The van der Waals surface area contributed by atoms with Crippen LogP contribution in [0.4, 0.5) is 0 Å². The lowest BCUT2D eigenvalue weighted by Crippen LogP contribution is -2.57. The summed E-state index contributed by atoms with van der Waals surface area (Å²) in [5, 5.41) is 0. The van der Waals surface area contributed by atoms with Gasteiger partial charge in [-0.05, 0) is 53.2 Å². The third-order valence-corrected chi connectivity index (χ3v) is 5.68. The molecule has 0 N–H and O–H groups in total. The lowest BCUT2D eigenvalue weighted by atomic mass is 9.35. The summed E-state index contributed by atoms with van der Waals surface area (Å²) in [6, 6.07) is 29.5. The predicted octanol–water partition coefficient (Wildman–Crippen LogP) is 4.39. The van der Waals surface area contributed by atoms with Gasteiger partial charge in [0.05, 0.1) is 0 Å². The van der Waals surface area contributed by atoms with Crippen LogP contribution >= 0.6 is 0 Å². The van der Waals surface area contributed by atoms with Crippen molar-refractivity contribution in [1.82, 2.24) is 0 Å². The van der Waals surface area contributed by atoms with Crippen molar-refractivity contribution in [2.45, 2.75) is 6.92 Å². The fourth-order valence-electron chi connectivity index (χ4n) is 4.31. The Morgan fingerprint density at radius 1 is 0.571 bits per heavy atom. The molecule has 0 bridgehead atoms. The van der Waals surface area contributed by atoms with Gasteiger partial charge in [0.15, 0.2) is 0 Å². The highest BCUT2D eigenvalue weighted by molar-refractivity contribution is 6.98. The van der Waals surface area contributed by atoms with Gasteiger partial charge in [0.2, 0.25) is 0 Å². The van der Waals surface area contributed by atoms with Crippen molar-refractivity contribution in [2.24, 2.45) is 0 Å². The van der Waals surface area contributed by atoms with E-state index >= 15 is 0 Å². The highest BCUT2D eigenvalue weighted by atomic mass is 16.5. The minimum atomic E-state index is 0.131. The van der Waals surface area contributed by atoms with Crippen molar-refractivity contribution in [2.75, 3.05) is 0 Å². The van der Waals surface area contributed by atoms with Crippen molar-refractivity contribution >= 4 is 23.1 Å². The van der Waals surface area contributed by atoms with E-state index in [9.17, 15) is 0 Å². The summed E-state index contributed by atoms with van der Waals surface area (Å²) in [6.45, 7) is 2.23. The Kier molecular flexibility index (Phi) is 3.21. The third kappa shape index (κ3) is 2.23. The van der Waals surface area contributed by atoms with Gasteiger partial charge in [-0.3, -0.25) is 0 Å². The molecule has 0 aromatic heterocycles. The number of benzene rings is 4. The molecule has 0 atom stereocenters. The number of hydrogen-bond acceptors (Lipinski definition) is 2. The van der Waals surface area contributed by atoms with E-state index in [1.165, 1.54) is 16.5 Å². The maximum atomic E-state index is 6.35. The van der Waals surface area contributed by atoms with Gasteiger partial charge in [-0.25, -0.2) is 0 Å². The molecule has 28 heavy (non-hydrogen) atoms. The van der Waals surface area contributed by atoms with Crippen LogP contribution in [-0.2, 0) is 0 Å². The van der Waals surface area contributed by atoms with Gasteiger partial charge in [-0.1, -0.05) is 66.2 Å². The predicted molar refractivity (Wildman–Crippen MR) is 114 cm³/mol. The van der Waals surface area contributed by atoms with Gasteiger partial charge in [0.1, 0.15) is 23.0 Å². The summed E-state index contributed by atoms with van der Waals surface area (Å²) in [7, 11) is 0. The first kappa shape index (κ1) is 15.6. The standard InChI is InChI=1S/C25H17BO2/c1-16-10-12-17(13-11-16)18-14-23-25-24(15-18)28-22-9-5-3-7-20(22)26(25)19-6-2-4-8-21(19)27-23/h2-15H,1H3. The highest BCUT2D eigenvalue weighted by Crippen LogP contribution is 2.37. The zero-order valence-corrected chi connectivity index (χ0v) is 15.5. The average Bonchev–Trinajstić information content (AvgIpc) is 2.73. The number of hydrogen-bond donors (Lipinski definition) is 0. The van der Waals surface area contributed by atoms with Gasteiger partial charge < -0.3 is 9.47 Å². The molecule has 2 nitrogen and oxygen atoms in total. The fraction of sp³-hybridized carbons (Fsp3) is 0.0400. The van der Waals surface area contributed by atoms with Crippen molar-refractivity contribution in [3.05, 3.63) is 90.5 Å². The van der Waals surface area contributed by atoms with Gasteiger partial charge in [0, 0.05) is 5.46 Å². The van der Waals surface area contributed by atoms with Crippen LogP contribution < -0.4 is 25.9 Å². The van der Waals surface area contributed by atoms with Crippen LogP contribution in [0.25, 0.3) is 11.1 Å². The van der Waals surface area contributed by atoms with Gasteiger partial charge in [0.25, 0.3) is 6.71 Å². The fourth-order valence-corrected chi connectivity index (χ4v) is 4.31. The molecule has 0 spiro atoms. The van der Waals surface area contributed by atoms with Crippen LogP contribution in [0.5, 0.6) is 23.0 Å². The number of aryl methyl sites for hydroxylation is 1. The molecule has 0 radical (unpaired) electrons. The smallest absolute Gasteiger partial charge is 0.260 e. The third-order valence-electron chi connectivity index (χ3n) is 5.68. The average molecular weight is 360 g/mol. The molecule has 4 aromatic carbocycles. The largest absolute Gasteiger partial charge is 0.458 e. The van der Waals surface area contributed by atoms with Crippen LogP contribution in [0.2, 0.25) is 0 Å². The summed E-state index contributed by atoms with van der Waals surface area (Å²) < 4.78 is 12.7. The maximum Gasteiger partial charge on any atom is 0.260 e. The first-order valence-corrected chi connectivity index (χ1v) is 9.56. The molecular formula is C25H17BO2. The van der Waals surface area contributed by atoms with Crippen LogP contribution in [0.1, 0.15) is 5.56 Å². The lowest BCUT2D eigenvalue weighted by Gasteiger charge is -2.33. The monoisotopic (exact) mass is 360 g/mol. The van der Waals surface area contributed by atoms with E-state index in [1.54, 1.807) is 0 Å². The zero-order chi connectivity index (χ0) is 18.7. The molecule has 6 rings (SSSR count). The van der Waals surface area contributed by atoms with E-state index < -0.39 is 0 Å². The molecule has 0 unspecified atom stereocenters. The Hall–Kier alpha value is -3.46. The summed E-state index contributed by atoms with van der Waals surface area (Å²) in [5.41, 5.74) is 7.01. The molecule has 2 aliphatic rings. The summed E-state index contributed by atoms with van der Waals surface area (Å²) in [6.07, 6.45) is 0. The minimum absolute atomic E-state index is 0.131. The molecule has 4 aromatic rings. The Balaban J connectivity index is 1.61. The van der Waals surface area contributed by atoms with E-state index in [1.807, 2.05) is 12.1 Å². The highest BCUT2D eigenvalue weighted by Gasteiger charge is 2.39. The van der Waals surface area contributed by atoms with Crippen molar-refractivity contribution < 1.29 is 9.47 Å². The molecule has 2 aliphatic heterocycles. The Morgan fingerprint density at radius 2 is 1.11 bits per heavy atom. The second kappa shape index (κ2) is 5.77. The SMILES string of the molecule is Cc1ccc(-c2cc3c4c(c2)Oc2ccccc2B4c2ccccc2O3)cc1. The second-order valence-corrected chi connectivity index (χ2v) is 7.47. The van der Waals surface area contributed by atoms with Gasteiger partial charge in [-0.2, -0.15) is 0 Å². The number of ether oxygens (including phenoxy) is 2. The van der Waals surface area contributed by atoms with Crippen molar-refractivity contribution in [3.63, 3.8) is 0 Å². The number of fused-ring (bicyclic) bond motifs is 4. The first-order valence-electron chi connectivity index (χ1n) is 9.56. The topological polar surface area (TPSA) is 18.5 Å². The van der Waals surface area contributed by atoms with E-state index in [2.05, 4.69) is 79.7 Å². The van der Waals surface area contributed by atoms with E-state index in [-0.39, 0.29) is 6.71 Å². The zero-order valence-electron chi connectivity index (χ0n) is 15.5.